The lowest BCUT2D eigenvalue weighted by molar-refractivity contribution is -0.141. The summed E-state index contributed by atoms with van der Waals surface area (Å²) in [5.74, 6) is -2.92. The molecule has 0 spiro atoms. The number of aliphatic hydroxyl groups is 2. The number of aliphatic carboxylic acids is 3. The largest absolute Gasteiger partial charge is 0.481 e. The minimum Gasteiger partial charge on any atom is -0.481 e. The fourth-order valence-electron chi connectivity index (χ4n) is 0.407. The first-order valence-electron chi connectivity index (χ1n) is 9.64. The predicted octanol–water partition coefficient (Wildman–Crippen LogP) is 2.82. The molecular weight excluding hydrogens is 484 g/mol. The van der Waals surface area contributed by atoms with E-state index in [1.54, 1.807) is 27.7 Å². The van der Waals surface area contributed by atoms with Crippen molar-refractivity contribution in [2.45, 2.75) is 69.7 Å². The highest BCUT2D eigenvalue weighted by molar-refractivity contribution is 5.66. The minimum atomic E-state index is -0.833. The number of carbonyl (C=O) groups is 5. The van der Waals surface area contributed by atoms with Gasteiger partial charge in [-0.1, -0.05) is 7.43 Å². The van der Waals surface area contributed by atoms with Crippen LogP contribution in [0.4, 0.5) is 0 Å². The second-order valence-electron chi connectivity index (χ2n) is 4.04. The summed E-state index contributed by atoms with van der Waals surface area (Å²) in [6.07, 6.45) is 0. The number of carboxylic acids is 3. The van der Waals surface area contributed by atoms with Crippen LogP contribution in [0, 0.1) is 0 Å². The van der Waals surface area contributed by atoms with Gasteiger partial charge in [0.2, 0.25) is 0 Å². The Balaban J connectivity index is -0.0000000221. The van der Waals surface area contributed by atoms with Gasteiger partial charge in [-0.25, -0.2) is 0 Å². The molecule has 0 rings (SSSR count). The van der Waals surface area contributed by atoms with E-state index >= 15 is 0 Å². The maximum absolute atomic E-state index is 9.82. The van der Waals surface area contributed by atoms with Crippen LogP contribution >= 0.6 is 0 Å². The molecule has 0 radical (unpaired) electrons. The molecular formula is C23H54O13. The van der Waals surface area contributed by atoms with Crippen LogP contribution in [0.25, 0.3) is 0 Å². The van der Waals surface area contributed by atoms with E-state index in [4.69, 9.17) is 39.9 Å². The normalized spacial score (nSPS) is 5.86. The Bertz CT molecular complexity index is 352. The van der Waals surface area contributed by atoms with E-state index in [1.165, 1.54) is 13.8 Å². The van der Waals surface area contributed by atoms with Gasteiger partial charge in [0.1, 0.15) is 0 Å². The Morgan fingerprint density at radius 3 is 0.639 bits per heavy atom. The summed E-state index contributed by atoms with van der Waals surface area (Å²) >= 11 is 0. The molecule has 0 aliphatic heterocycles. The van der Waals surface area contributed by atoms with Crippen molar-refractivity contribution in [2.24, 2.45) is 0 Å². The molecule has 7 N–H and O–H groups in total. The summed E-state index contributed by atoms with van der Waals surface area (Å²) in [5, 5.41) is 37.4. The highest BCUT2D eigenvalue weighted by Crippen LogP contribution is 1.70. The molecule has 0 aliphatic rings. The number of ether oxygens (including phenoxy) is 2. The number of rotatable bonds is 2. The van der Waals surface area contributed by atoms with Crippen LogP contribution in [0.2, 0.25) is 0 Å². The summed E-state index contributed by atoms with van der Waals surface area (Å²) in [4.78, 5) is 46.6. The zero-order valence-electron chi connectivity index (χ0n) is 22.8. The third-order valence-electron chi connectivity index (χ3n) is 0.695. The lowest BCUT2D eigenvalue weighted by atomic mass is 10.8. The molecule has 224 valence electrons. The van der Waals surface area contributed by atoms with E-state index < -0.39 is 17.9 Å². The number of carboxylic acid groups (broad SMARTS) is 3. The smallest absolute Gasteiger partial charge is 0.302 e. The predicted molar refractivity (Wildman–Crippen MR) is 143 cm³/mol. The van der Waals surface area contributed by atoms with E-state index in [0.29, 0.717) is 13.2 Å². The molecule has 0 aromatic heterocycles. The molecule has 0 saturated heterocycles. The molecule has 13 heteroatoms. The van der Waals surface area contributed by atoms with Crippen LogP contribution in [0.3, 0.4) is 0 Å². The van der Waals surface area contributed by atoms with Crippen molar-refractivity contribution in [1.29, 1.82) is 0 Å². The van der Waals surface area contributed by atoms with Gasteiger partial charge in [-0.3, -0.25) is 24.0 Å². The van der Waals surface area contributed by atoms with Gasteiger partial charge >= 0.3 is 11.9 Å². The summed E-state index contributed by atoms with van der Waals surface area (Å²) in [5.41, 5.74) is 0. The summed E-state index contributed by atoms with van der Waals surface area (Å²) in [6.45, 7) is 26.4. The van der Waals surface area contributed by atoms with Gasteiger partial charge in [0.05, 0.1) is 13.2 Å². The fourth-order valence-corrected chi connectivity index (χ4v) is 0.407. The summed E-state index contributed by atoms with van der Waals surface area (Å²) in [7, 11) is 0. The van der Waals surface area contributed by atoms with E-state index in [-0.39, 0.29) is 38.1 Å². The molecule has 36 heavy (non-hydrogen) atoms. The van der Waals surface area contributed by atoms with Crippen LogP contribution in [-0.2, 0) is 33.4 Å². The molecule has 0 fully saturated rings. The topological polar surface area (TPSA) is 236 Å². The monoisotopic (exact) mass is 538 g/mol. The highest BCUT2D eigenvalue weighted by Gasteiger charge is 1.82. The SMILES string of the molecule is C.C=C.C=C.CC(=O)O.CC(=O)O.CC(=O)O.CCO.CCO.CCOC(C)=O.CCOC(C)=O.O. The average molecular weight is 539 g/mol. The lowest BCUT2D eigenvalue weighted by Crippen LogP contribution is -1.95. The molecule has 0 atom stereocenters. The van der Waals surface area contributed by atoms with Gasteiger partial charge < -0.3 is 40.5 Å². The Morgan fingerprint density at radius 2 is 0.639 bits per heavy atom. The average Bonchev–Trinajstić information content (AvgIpc) is 2.65. The first kappa shape index (κ1) is 69.8. The van der Waals surface area contributed by atoms with Gasteiger partial charge in [0.15, 0.2) is 0 Å². The van der Waals surface area contributed by atoms with Crippen molar-refractivity contribution in [3.05, 3.63) is 26.3 Å². The molecule has 0 unspecified atom stereocenters. The van der Waals surface area contributed by atoms with Crippen LogP contribution in [-0.4, -0.2) is 87.3 Å². The third-order valence-corrected chi connectivity index (χ3v) is 0.695. The lowest BCUT2D eigenvalue weighted by Gasteiger charge is -1.89. The van der Waals surface area contributed by atoms with Gasteiger partial charge in [0.25, 0.3) is 17.9 Å². The Morgan fingerprint density at radius 1 is 0.556 bits per heavy atom. The van der Waals surface area contributed by atoms with E-state index in [9.17, 15) is 9.59 Å². The number of carbonyl (C=O) groups excluding carboxylic acids is 2. The molecule has 0 amide bonds. The first-order chi connectivity index (χ1) is 15.6. The molecule has 0 aliphatic carbocycles. The Hall–Kier alpha value is -3.29. The van der Waals surface area contributed by atoms with Crippen molar-refractivity contribution in [2.75, 3.05) is 26.4 Å². The first-order valence-corrected chi connectivity index (χ1v) is 9.64. The quantitative estimate of drug-likeness (QED) is 0.252. The number of hydrogen-bond acceptors (Lipinski definition) is 9. The van der Waals surface area contributed by atoms with Crippen molar-refractivity contribution in [1.82, 2.24) is 0 Å². The van der Waals surface area contributed by atoms with Crippen LogP contribution in [0.5, 0.6) is 0 Å². The van der Waals surface area contributed by atoms with Crippen LogP contribution < -0.4 is 0 Å². The number of esters is 2. The minimum absolute atomic E-state index is 0. The maximum Gasteiger partial charge on any atom is 0.302 e. The summed E-state index contributed by atoms with van der Waals surface area (Å²) in [6, 6.07) is 0. The van der Waals surface area contributed by atoms with Gasteiger partial charge in [-0.05, 0) is 27.7 Å². The third kappa shape index (κ3) is 3690. The molecule has 0 saturated carbocycles. The highest BCUT2D eigenvalue weighted by atomic mass is 16.5. The second-order valence-corrected chi connectivity index (χ2v) is 4.04. The number of aliphatic hydroxyl groups excluding tert-OH is 2. The van der Waals surface area contributed by atoms with E-state index in [0.717, 1.165) is 20.8 Å². The zero-order valence-corrected chi connectivity index (χ0v) is 22.8. The molecule has 0 bridgehead atoms. The maximum atomic E-state index is 9.82. The van der Waals surface area contributed by atoms with Crippen molar-refractivity contribution < 1.29 is 64.5 Å². The van der Waals surface area contributed by atoms with Crippen molar-refractivity contribution >= 4 is 29.8 Å². The standard InChI is InChI=1S/2C4H8O2.3C2H4O2.2C2H6O.2C2H4.CH4.H2O/c2*1-3-6-4(2)5;3*1-2(3)4;2*1-2-3;2*1-2;;/h2*3H2,1-2H3;3*1H3,(H,3,4);2*3H,2H2,1H3;2*1-2H2;1H4;1H2. The summed E-state index contributed by atoms with van der Waals surface area (Å²) < 4.78 is 8.81. The second kappa shape index (κ2) is 95.3. The van der Waals surface area contributed by atoms with E-state index in [1.807, 2.05) is 0 Å². The zero-order chi connectivity index (χ0) is 30.1. The Labute approximate surface area is 217 Å². The molecule has 0 heterocycles. The van der Waals surface area contributed by atoms with Gasteiger partial charge in [0, 0.05) is 47.8 Å². The molecule has 0 aromatic carbocycles. The van der Waals surface area contributed by atoms with E-state index in [2.05, 4.69) is 35.8 Å². The molecule has 13 nitrogen and oxygen atoms in total. The van der Waals surface area contributed by atoms with Crippen LogP contribution in [0.15, 0.2) is 26.3 Å². The Kier molecular flexibility index (Phi) is 185. The number of hydrogen-bond donors (Lipinski definition) is 5. The molecule has 0 aromatic rings. The van der Waals surface area contributed by atoms with Gasteiger partial charge in [-0.2, -0.15) is 0 Å². The fraction of sp³-hybridized carbons (Fsp3) is 0.609. The van der Waals surface area contributed by atoms with Crippen molar-refractivity contribution in [3.8, 4) is 0 Å². The van der Waals surface area contributed by atoms with Gasteiger partial charge in [-0.15, -0.1) is 26.3 Å². The van der Waals surface area contributed by atoms with Crippen molar-refractivity contribution in [3.63, 3.8) is 0 Å². The van der Waals surface area contributed by atoms with Crippen LogP contribution in [0.1, 0.15) is 69.7 Å².